The summed E-state index contributed by atoms with van der Waals surface area (Å²) < 4.78 is 26.2. The highest BCUT2D eigenvalue weighted by molar-refractivity contribution is 6.35. The second-order valence-corrected chi connectivity index (χ2v) is 8.77. The number of halogens is 2. The number of esters is 1. The van der Waals surface area contributed by atoms with Gasteiger partial charge in [0.1, 0.15) is 61.7 Å². The Morgan fingerprint density at radius 1 is 1.00 bits per heavy atom. The smallest absolute Gasteiger partial charge is 0.344 e. The third-order valence-corrected chi connectivity index (χ3v) is 6.07. The van der Waals surface area contributed by atoms with Gasteiger partial charge in [0.05, 0.1) is 11.6 Å². The fraction of sp³-hybridized carbons (Fsp3) is 0.650. The normalized spacial score (nSPS) is 37.3. The molecule has 35 heavy (non-hydrogen) atoms. The lowest BCUT2D eigenvalue weighted by Gasteiger charge is -2.43. The summed E-state index contributed by atoms with van der Waals surface area (Å²) in [6.45, 7) is -2.93. The van der Waals surface area contributed by atoms with Gasteiger partial charge < -0.3 is 59.4 Å². The molecule has 0 saturated carbocycles. The van der Waals surface area contributed by atoms with Crippen molar-refractivity contribution in [1.29, 1.82) is 0 Å². The highest BCUT2D eigenvalue weighted by Gasteiger charge is 2.58. The van der Waals surface area contributed by atoms with Crippen LogP contribution in [0.15, 0.2) is 18.2 Å². The van der Waals surface area contributed by atoms with E-state index in [0.717, 1.165) is 0 Å². The number of carbonyl (C=O) groups excluding carboxylic acids is 1. The molecule has 0 amide bonds. The molecule has 2 heterocycles. The van der Waals surface area contributed by atoms with E-state index >= 15 is 0 Å². The molecule has 0 aliphatic carbocycles. The van der Waals surface area contributed by atoms with E-state index < -0.39 is 87.2 Å². The zero-order valence-electron chi connectivity index (χ0n) is 18.0. The number of aliphatic hydroxyl groups excluding tert-OH is 7. The predicted molar refractivity (Wildman–Crippen MR) is 114 cm³/mol. The zero-order valence-corrected chi connectivity index (χ0v) is 19.5. The van der Waals surface area contributed by atoms with Gasteiger partial charge in [-0.25, -0.2) is 4.79 Å². The highest BCUT2D eigenvalue weighted by Crippen LogP contribution is 2.36. The van der Waals surface area contributed by atoms with Gasteiger partial charge >= 0.3 is 5.97 Å². The standard InChI is InChI=1S/C20H26Cl2O13/c21-8-1-2-10(9(22)3-8)31-6-13(25)32-5-12-14(26)16(28)17(29)19(33-12)35-20(7-24)18(30)15(27)11(4-23)34-20/h1-3,11-12,14-19,23-24,26-30H,4-7H2/t11-,12-,14-,15-,16+,17-,18+,19-,20+/m1/s1. The van der Waals surface area contributed by atoms with Gasteiger partial charge in [0.15, 0.2) is 12.9 Å². The van der Waals surface area contributed by atoms with Crippen LogP contribution in [-0.4, -0.2) is 123 Å². The monoisotopic (exact) mass is 544 g/mol. The summed E-state index contributed by atoms with van der Waals surface area (Å²) >= 11 is 11.7. The lowest BCUT2D eigenvalue weighted by atomic mass is 9.99. The number of ether oxygens (including phenoxy) is 5. The molecule has 0 radical (unpaired) electrons. The average molecular weight is 545 g/mol. The quantitative estimate of drug-likeness (QED) is 0.161. The Labute approximate surface area is 208 Å². The third kappa shape index (κ3) is 6.15. The van der Waals surface area contributed by atoms with Gasteiger partial charge in [0.2, 0.25) is 5.79 Å². The van der Waals surface area contributed by atoms with E-state index in [1.807, 2.05) is 0 Å². The Balaban J connectivity index is 1.60. The second kappa shape index (κ2) is 11.8. The third-order valence-electron chi connectivity index (χ3n) is 5.54. The van der Waals surface area contributed by atoms with Crippen molar-refractivity contribution in [1.82, 2.24) is 0 Å². The van der Waals surface area contributed by atoms with Crippen molar-refractivity contribution in [2.45, 2.75) is 54.8 Å². The molecule has 2 saturated heterocycles. The summed E-state index contributed by atoms with van der Waals surface area (Å²) in [7, 11) is 0. The Morgan fingerprint density at radius 3 is 2.31 bits per heavy atom. The molecule has 0 spiro atoms. The van der Waals surface area contributed by atoms with Gasteiger partial charge in [0, 0.05) is 5.02 Å². The van der Waals surface area contributed by atoms with E-state index in [0.29, 0.717) is 5.02 Å². The van der Waals surface area contributed by atoms with Crippen LogP contribution in [-0.2, 0) is 23.7 Å². The number of benzene rings is 1. The van der Waals surface area contributed by atoms with Crippen LogP contribution < -0.4 is 4.74 Å². The summed E-state index contributed by atoms with van der Waals surface area (Å²) in [6, 6.07) is 4.36. The van der Waals surface area contributed by atoms with Crippen LogP contribution in [0.4, 0.5) is 0 Å². The molecule has 7 N–H and O–H groups in total. The fourth-order valence-electron chi connectivity index (χ4n) is 3.56. The van der Waals surface area contributed by atoms with Gasteiger partial charge in [-0.2, -0.15) is 0 Å². The fourth-order valence-corrected chi connectivity index (χ4v) is 4.03. The van der Waals surface area contributed by atoms with Gasteiger partial charge in [-0.1, -0.05) is 23.2 Å². The van der Waals surface area contributed by atoms with Gasteiger partial charge in [-0.15, -0.1) is 0 Å². The van der Waals surface area contributed by atoms with Crippen molar-refractivity contribution >= 4 is 29.2 Å². The highest BCUT2D eigenvalue weighted by atomic mass is 35.5. The molecular formula is C20H26Cl2O13. The second-order valence-electron chi connectivity index (χ2n) is 7.92. The van der Waals surface area contributed by atoms with Crippen LogP contribution in [0.1, 0.15) is 0 Å². The Kier molecular flexibility index (Phi) is 9.53. The maximum atomic E-state index is 12.1. The van der Waals surface area contributed by atoms with Crippen molar-refractivity contribution in [2.75, 3.05) is 26.4 Å². The Bertz CT molecular complexity index is 875. The van der Waals surface area contributed by atoms with E-state index in [2.05, 4.69) is 0 Å². The maximum absolute atomic E-state index is 12.1. The number of carbonyl (C=O) groups is 1. The van der Waals surface area contributed by atoms with Crippen LogP contribution in [0.5, 0.6) is 5.75 Å². The van der Waals surface area contributed by atoms with Crippen LogP contribution in [0.25, 0.3) is 0 Å². The lowest BCUT2D eigenvalue weighted by molar-refractivity contribution is -0.383. The molecule has 13 nitrogen and oxygen atoms in total. The summed E-state index contributed by atoms with van der Waals surface area (Å²) in [6.07, 6.45) is -13.5. The Hall–Kier alpha value is -1.33. The van der Waals surface area contributed by atoms with Crippen molar-refractivity contribution in [2.24, 2.45) is 0 Å². The van der Waals surface area contributed by atoms with Crippen LogP contribution in [0.2, 0.25) is 10.0 Å². The zero-order chi connectivity index (χ0) is 25.9. The van der Waals surface area contributed by atoms with Crippen molar-refractivity contribution in [3.8, 4) is 5.75 Å². The SMILES string of the molecule is O=C(COc1ccc(Cl)cc1Cl)OC[C@H]1O[C@H](O[C@]2(CO)O[C@H](CO)[C@@H](O)[C@@H]2O)[C@H](O)[C@@H](O)[C@@H]1O. The molecule has 3 rings (SSSR count). The van der Waals surface area contributed by atoms with Gasteiger partial charge in [-0.3, -0.25) is 0 Å². The summed E-state index contributed by atoms with van der Waals surface area (Å²) in [4.78, 5) is 12.1. The summed E-state index contributed by atoms with van der Waals surface area (Å²) in [5.41, 5.74) is 0. The van der Waals surface area contributed by atoms with Crippen LogP contribution >= 0.6 is 23.2 Å². The molecule has 0 aromatic heterocycles. The molecule has 2 fully saturated rings. The summed E-state index contributed by atoms with van der Waals surface area (Å²) in [5, 5.41) is 70.4. The molecule has 0 unspecified atom stereocenters. The van der Waals surface area contributed by atoms with Gasteiger partial charge in [-0.05, 0) is 18.2 Å². The number of hydrogen-bond donors (Lipinski definition) is 7. The first kappa shape index (κ1) is 28.2. The molecule has 1 aromatic carbocycles. The Morgan fingerprint density at radius 2 is 1.71 bits per heavy atom. The molecule has 2 aliphatic heterocycles. The number of aliphatic hydroxyl groups is 7. The van der Waals surface area contributed by atoms with Gasteiger partial charge in [0.25, 0.3) is 0 Å². The summed E-state index contributed by atoms with van der Waals surface area (Å²) in [5.74, 6) is -3.05. The largest absolute Gasteiger partial charge is 0.480 e. The molecule has 0 bridgehead atoms. The lowest BCUT2D eigenvalue weighted by Crippen LogP contribution is -2.62. The van der Waals surface area contributed by atoms with Crippen molar-refractivity contribution < 1.29 is 64.2 Å². The molecule has 15 heteroatoms. The number of hydrogen-bond acceptors (Lipinski definition) is 13. The minimum atomic E-state index is -2.33. The van der Waals surface area contributed by atoms with E-state index in [1.54, 1.807) is 0 Å². The predicted octanol–water partition coefficient (Wildman–Crippen LogP) is -2.46. The minimum Gasteiger partial charge on any atom is -0.480 e. The molecule has 198 valence electrons. The number of rotatable bonds is 9. The molecule has 2 aliphatic rings. The molecular weight excluding hydrogens is 519 g/mol. The van der Waals surface area contributed by atoms with E-state index in [-0.39, 0.29) is 10.8 Å². The maximum Gasteiger partial charge on any atom is 0.344 e. The van der Waals surface area contributed by atoms with Crippen LogP contribution in [0.3, 0.4) is 0 Å². The van der Waals surface area contributed by atoms with E-state index in [1.165, 1.54) is 18.2 Å². The van der Waals surface area contributed by atoms with Crippen molar-refractivity contribution in [3.05, 3.63) is 28.2 Å². The molecule has 1 aromatic rings. The minimum absolute atomic E-state index is 0.163. The van der Waals surface area contributed by atoms with Crippen molar-refractivity contribution in [3.63, 3.8) is 0 Å². The first-order chi connectivity index (χ1) is 16.5. The van der Waals surface area contributed by atoms with E-state index in [9.17, 15) is 40.5 Å². The van der Waals surface area contributed by atoms with E-state index in [4.69, 9.17) is 46.9 Å². The topological polar surface area (TPSA) is 205 Å². The average Bonchev–Trinajstić information content (AvgIpc) is 3.08. The van der Waals surface area contributed by atoms with Crippen LogP contribution in [0, 0.1) is 0 Å². The first-order valence-corrected chi connectivity index (χ1v) is 11.1. The first-order valence-electron chi connectivity index (χ1n) is 10.4. The molecule has 9 atom stereocenters.